The lowest BCUT2D eigenvalue weighted by atomic mass is 9.97. The smallest absolute Gasteiger partial charge is 0.330 e. The van der Waals surface area contributed by atoms with Gasteiger partial charge in [0.25, 0.3) is 5.56 Å². The quantitative estimate of drug-likeness (QED) is 0.738. The molecular formula is C12H16N2O5. The lowest BCUT2D eigenvalue weighted by molar-refractivity contribution is -0.105. The lowest BCUT2D eigenvalue weighted by Gasteiger charge is -2.25. The standard InChI is InChI=1S/C12H16N2O5/c1-7-5-14(11(17)13-10(7)16)9-4-8-12(6-15,19-9)2-3-18-8/h5,8-9,15H,2-4,6H2,1H3,(H,13,16,17)/t8?,9-,12?/m1/s1. The van der Waals surface area contributed by atoms with Crippen LogP contribution in [0.15, 0.2) is 15.8 Å². The van der Waals surface area contributed by atoms with Gasteiger partial charge in [-0.1, -0.05) is 0 Å². The number of aromatic nitrogens is 2. The number of nitrogens with zero attached hydrogens (tertiary/aromatic N) is 1. The Kier molecular flexibility index (Phi) is 2.84. The SMILES string of the molecule is Cc1cn([C@H]2CC3OCCC3(CO)O2)c(=O)[nH]c1=O. The van der Waals surface area contributed by atoms with Crippen molar-refractivity contribution in [1.29, 1.82) is 0 Å². The molecule has 2 saturated heterocycles. The predicted octanol–water partition coefficient (Wildman–Crippen LogP) is -0.716. The van der Waals surface area contributed by atoms with Crippen LogP contribution in [0.4, 0.5) is 0 Å². The fourth-order valence-electron chi connectivity index (χ4n) is 2.80. The number of aryl methyl sites for hydroxylation is 1. The molecule has 0 aliphatic carbocycles. The molecule has 19 heavy (non-hydrogen) atoms. The number of aliphatic hydroxyl groups excluding tert-OH is 1. The van der Waals surface area contributed by atoms with Gasteiger partial charge in [-0.2, -0.15) is 0 Å². The Morgan fingerprint density at radius 3 is 3.05 bits per heavy atom. The van der Waals surface area contributed by atoms with Crippen LogP contribution in [0.5, 0.6) is 0 Å². The molecule has 104 valence electrons. The van der Waals surface area contributed by atoms with Crippen molar-refractivity contribution in [2.75, 3.05) is 13.2 Å². The van der Waals surface area contributed by atoms with Crippen LogP contribution in [-0.2, 0) is 9.47 Å². The third-order valence-corrected chi connectivity index (χ3v) is 3.94. The van der Waals surface area contributed by atoms with Crippen molar-refractivity contribution in [1.82, 2.24) is 9.55 Å². The number of H-pyrrole nitrogens is 1. The topological polar surface area (TPSA) is 93.6 Å². The molecule has 3 atom stereocenters. The van der Waals surface area contributed by atoms with E-state index in [1.807, 2.05) is 0 Å². The molecule has 0 spiro atoms. The second-order valence-corrected chi connectivity index (χ2v) is 5.12. The molecule has 0 bridgehead atoms. The van der Waals surface area contributed by atoms with E-state index in [4.69, 9.17) is 9.47 Å². The number of rotatable bonds is 2. The van der Waals surface area contributed by atoms with Crippen LogP contribution in [0.1, 0.15) is 24.6 Å². The molecule has 0 radical (unpaired) electrons. The highest BCUT2D eigenvalue weighted by molar-refractivity contribution is 5.04. The van der Waals surface area contributed by atoms with Gasteiger partial charge in [-0.05, 0) is 6.92 Å². The monoisotopic (exact) mass is 268 g/mol. The summed E-state index contributed by atoms with van der Waals surface area (Å²) in [6.45, 7) is 2.05. The number of nitrogens with one attached hydrogen (secondary N) is 1. The predicted molar refractivity (Wildman–Crippen MR) is 65.0 cm³/mol. The van der Waals surface area contributed by atoms with Crippen molar-refractivity contribution < 1.29 is 14.6 Å². The summed E-state index contributed by atoms with van der Waals surface area (Å²) in [5, 5.41) is 9.51. The zero-order valence-corrected chi connectivity index (χ0v) is 10.6. The molecule has 2 aliphatic heterocycles. The fourth-order valence-corrected chi connectivity index (χ4v) is 2.80. The summed E-state index contributed by atoms with van der Waals surface area (Å²) >= 11 is 0. The average Bonchev–Trinajstić information content (AvgIpc) is 2.90. The Morgan fingerprint density at radius 2 is 2.37 bits per heavy atom. The van der Waals surface area contributed by atoms with Gasteiger partial charge in [0, 0.05) is 24.6 Å². The highest BCUT2D eigenvalue weighted by Gasteiger charge is 2.53. The number of aliphatic hydroxyl groups is 1. The van der Waals surface area contributed by atoms with Gasteiger partial charge in [-0.3, -0.25) is 14.3 Å². The minimum atomic E-state index is -0.714. The maximum absolute atomic E-state index is 11.8. The van der Waals surface area contributed by atoms with Crippen molar-refractivity contribution in [3.8, 4) is 0 Å². The van der Waals surface area contributed by atoms with Crippen LogP contribution >= 0.6 is 0 Å². The van der Waals surface area contributed by atoms with E-state index >= 15 is 0 Å². The fraction of sp³-hybridized carbons (Fsp3) is 0.667. The molecule has 7 heteroatoms. The molecule has 0 saturated carbocycles. The summed E-state index contributed by atoms with van der Waals surface area (Å²) in [5.74, 6) is 0. The van der Waals surface area contributed by atoms with Crippen LogP contribution in [0, 0.1) is 6.92 Å². The van der Waals surface area contributed by atoms with E-state index in [0.717, 1.165) is 0 Å². The van der Waals surface area contributed by atoms with Crippen LogP contribution in [0.25, 0.3) is 0 Å². The Morgan fingerprint density at radius 1 is 1.58 bits per heavy atom. The van der Waals surface area contributed by atoms with Gasteiger partial charge < -0.3 is 14.6 Å². The van der Waals surface area contributed by atoms with Gasteiger partial charge in [0.05, 0.1) is 19.3 Å². The Balaban J connectivity index is 1.96. The van der Waals surface area contributed by atoms with Gasteiger partial charge >= 0.3 is 5.69 Å². The van der Waals surface area contributed by atoms with E-state index in [2.05, 4.69) is 4.98 Å². The summed E-state index contributed by atoms with van der Waals surface area (Å²) in [7, 11) is 0. The van der Waals surface area contributed by atoms with Crippen molar-refractivity contribution in [2.24, 2.45) is 0 Å². The highest BCUT2D eigenvalue weighted by atomic mass is 16.6. The Labute approximate surface area is 108 Å². The minimum absolute atomic E-state index is 0.134. The molecule has 2 fully saturated rings. The number of hydrogen-bond donors (Lipinski definition) is 2. The first-order valence-corrected chi connectivity index (χ1v) is 6.28. The lowest BCUT2D eigenvalue weighted by Crippen LogP contribution is -2.39. The van der Waals surface area contributed by atoms with E-state index < -0.39 is 23.1 Å². The van der Waals surface area contributed by atoms with Crippen molar-refractivity contribution in [2.45, 2.75) is 37.7 Å². The Hall–Kier alpha value is -1.44. The first-order chi connectivity index (χ1) is 9.05. The molecule has 3 heterocycles. The largest absolute Gasteiger partial charge is 0.393 e. The molecule has 2 aliphatic rings. The third-order valence-electron chi connectivity index (χ3n) is 3.94. The average molecular weight is 268 g/mol. The highest BCUT2D eigenvalue weighted by Crippen LogP contribution is 2.43. The number of ether oxygens (including phenoxy) is 2. The molecule has 3 rings (SSSR count). The molecule has 1 aromatic rings. The summed E-state index contributed by atoms with van der Waals surface area (Å²) in [6.07, 6.45) is 1.87. The summed E-state index contributed by atoms with van der Waals surface area (Å²) in [4.78, 5) is 25.4. The van der Waals surface area contributed by atoms with E-state index in [9.17, 15) is 14.7 Å². The van der Waals surface area contributed by atoms with E-state index in [1.54, 1.807) is 6.92 Å². The van der Waals surface area contributed by atoms with E-state index in [1.165, 1.54) is 10.8 Å². The molecule has 2 N–H and O–H groups in total. The second-order valence-electron chi connectivity index (χ2n) is 5.12. The van der Waals surface area contributed by atoms with Gasteiger partial charge in [0.15, 0.2) is 0 Å². The number of fused-ring (bicyclic) bond motifs is 1. The molecule has 2 unspecified atom stereocenters. The van der Waals surface area contributed by atoms with E-state index in [0.29, 0.717) is 25.0 Å². The van der Waals surface area contributed by atoms with Crippen LogP contribution < -0.4 is 11.2 Å². The molecule has 7 nitrogen and oxygen atoms in total. The first kappa shape index (κ1) is 12.6. The van der Waals surface area contributed by atoms with Gasteiger partial charge in [-0.25, -0.2) is 4.79 Å². The van der Waals surface area contributed by atoms with Gasteiger partial charge in [0.2, 0.25) is 0 Å². The first-order valence-electron chi connectivity index (χ1n) is 6.28. The van der Waals surface area contributed by atoms with Crippen LogP contribution in [0.3, 0.4) is 0 Å². The van der Waals surface area contributed by atoms with Gasteiger partial charge in [0.1, 0.15) is 11.8 Å². The zero-order valence-electron chi connectivity index (χ0n) is 10.6. The zero-order chi connectivity index (χ0) is 13.6. The summed E-state index contributed by atoms with van der Waals surface area (Å²) in [5.41, 5.74) is -1.17. The van der Waals surface area contributed by atoms with Crippen molar-refractivity contribution in [3.63, 3.8) is 0 Å². The maximum atomic E-state index is 11.8. The minimum Gasteiger partial charge on any atom is -0.393 e. The summed E-state index contributed by atoms with van der Waals surface area (Å²) in [6, 6.07) is 0. The van der Waals surface area contributed by atoms with E-state index in [-0.39, 0.29) is 12.7 Å². The maximum Gasteiger partial charge on any atom is 0.330 e. The number of hydrogen-bond acceptors (Lipinski definition) is 5. The molecule has 1 aromatic heterocycles. The molecule has 0 amide bonds. The normalized spacial score (nSPS) is 33.6. The van der Waals surface area contributed by atoms with Crippen LogP contribution in [0.2, 0.25) is 0 Å². The molecular weight excluding hydrogens is 252 g/mol. The molecule has 0 aromatic carbocycles. The van der Waals surface area contributed by atoms with Crippen molar-refractivity contribution in [3.05, 3.63) is 32.6 Å². The van der Waals surface area contributed by atoms with Crippen molar-refractivity contribution >= 4 is 0 Å². The third kappa shape index (κ3) is 1.85. The number of aromatic amines is 1. The summed E-state index contributed by atoms with van der Waals surface area (Å²) < 4.78 is 12.8. The van der Waals surface area contributed by atoms with Gasteiger partial charge in [-0.15, -0.1) is 0 Å². The van der Waals surface area contributed by atoms with Crippen LogP contribution in [-0.4, -0.2) is 39.6 Å². The second kappa shape index (κ2) is 4.29. The Bertz CT molecular complexity index is 607.